The monoisotopic (exact) mass is 100 g/mol. The van der Waals surface area contributed by atoms with Gasteiger partial charge in [0.15, 0.2) is 0 Å². The minimum atomic E-state index is -0.0492. The van der Waals surface area contributed by atoms with Gasteiger partial charge in [-0.3, -0.25) is 4.79 Å². The number of rotatable bonds is 1. The first-order valence-electron chi connectivity index (χ1n) is 2.52. The van der Waals surface area contributed by atoms with E-state index in [1.165, 1.54) is 0 Å². The molecule has 1 atom stereocenters. The van der Waals surface area contributed by atoms with Gasteiger partial charge in [-0.25, -0.2) is 0 Å². The lowest BCUT2D eigenvalue weighted by molar-refractivity contribution is -0.169. The highest BCUT2D eigenvalue weighted by molar-refractivity contribution is 5.75. The Morgan fingerprint density at radius 1 is 2.00 bits per heavy atom. The highest BCUT2D eigenvalue weighted by Crippen LogP contribution is 2.14. The van der Waals surface area contributed by atoms with Crippen molar-refractivity contribution in [1.82, 2.24) is 0 Å². The third kappa shape index (κ3) is 0.734. The molecule has 0 aromatic heterocycles. The van der Waals surface area contributed by atoms with Crippen LogP contribution in [-0.4, -0.2) is 12.1 Å². The number of ether oxygens (including phenoxy) is 1. The van der Waals surface area contributed by atoms with E-state index in [0.717, 1.165) is 6.42 Å². The van der Waals surface area contributed by atoms with Crippen molar-refractivity contribution in [3.05, 3.63) is 0 Å². The summed E-state index contributed by atoms with van der Waals surface area (Å²) in [7, 11) is 0. The highest BCUT2D eigenvalue weighted by atomic mass is 16.6. The molecule has 2 heteroatoms. The van der Waals surface area contributed by atoms with Crippen LogP contribution in [-0.2, 0) is 9.53 Å². The molecule has 1 rings (SSSR count). The Labute approximate surface area is 42.5 Å². The van der Waals surface area contributed by atoms with Gasteiger partial charge in [0.1, 0.15) is 6.10 Å². The first-order valence-corrected chi connectivity index (χ1v) is 2.52. The lowest BCUT2D eigenvalue weighted by Gasteiger charge is -2.23. The third-order valence-electron chi connectivity index (χ3n) is 1.15. The lowest BCUT2D eigenvalue weighted by atomic mass is 10.1. The number of cyclic esters (lactones) is 1. The molecule has 0 aromatic rings. The Kier molecular flexibility index (Phi) is 1.01. The van der Waals surface area contributed by atoms with Crippen molar-refractivity contribution in [1.29, 1.82) is 0 Å². The van der Waals surface area contributed by atoms with Crippen molar-refractivity contribution in [3.8, 4) is 0 Å². The van der Waals surface area contributed by atoms with E-state index in [1.807, 2.05) is 6.92 Å². The quantitative estimate of drug-likeness (QED) is 0.453. The fraction of sp³-hybridized carbons (Fsp3) is 0.800. The maximum atomic E-state index is 10.0. The number of carbonyl (C=O) groups is 1. The van der Waals surface area contributed by atoms with E-state index in [0.29, 0.717) is 6.42 Å². The molecular weight excluding hydrogens is 92.1 g/mol. The van der Waals surface area contributed by atoms with E-state index in [9.17, 15) is 4.79 Å². The summed E-state index contributed by atoms with van der Waals surface area (Å²) in [5.41, 5.74) is 0. The Hall–Kier alpha value is -0.530. The zero-order valence-corrected chi connectivity index (χ0v) is 4.31. The molecule has 0 aliphatic carbocycles. The topological polar surface area (TPSA) is 26.3 Å². The molecule has 1 heterocycles. The Morgan fingerprint density at radius 2 is 2.57 bits per heavy atom. The average molecular weight is 100 g/mol. The van der Waals surface area contributed by atoms with Crippen LogP contribution in [0.5, 0.6) is 0 Å². The summed E-state index contributed by atoms with van der Waals surface area (Å²) < 4.78 is 4.65. The fourth-order valence-corrected chi connectivity index (χ4v) is 0.590. The molecule has 2 nitrogen and oxygen atoms in total. The molecule has 1 fully saturated rings. The van der Waals surface area contributed by atoms with Gasteiger partial charge in [-0.15, -0.1) is 0 Å². The number of esters is 1. The van der Waals surface area contributed by atoms with Gasteiger partial charge in [-0.2, -0.15) is 0 Å². The van der Waals surface area contributed by atoms with Gasteiger partial charge >= 0.3 is 5.97 Å². The normalized spacial score (nSPS) is 28.7. The van der Waals surface area contributed by atoms with Crippen LogP contribution in [0.2, 0.25) is 0 Å². The van der Waals surface area contributed by atoms with Crippen LogP contribution in [0.25, 0.3) is 0 Å². The lowest BCUT2D eigenvalue weighted by Crippen LogP contribution is -2.31. The van der Waals surface area contributed by atoms with Gasteiger partial charge in [0.05, 0.1) is 6.42 Å². The summed E-state index contributed by atoms with van der Waals surface area (Å²) in [4.78, 5) is 10.0. The summed E-state index contributed by atoms with van der Waals surface area (Å²) in [5.74, 6) is -0.0492. The first kappa shape index (κ1) is 4.62. The van der Waals surface area contributed by atoms with E-state index in [4.69, 9.17) is 0 Å². The summed E-state index contributed by atoms with van der Waals surface area (Å²) in [6.45, 7) is 2.01. The molecule has 0 aromatic carbocycles. The van der Waals surface area contributed by atoms with Crippen LogP contribution in [0.3, 0.4) is 0 Å². The van der Waals surface area contributed by atoms with E-state index < -0.39 is 0 Å². The van der Waals surface area contributed by atoms with E-state index in [2.05, 4.69) is 4.74 Å². The Morgan fingerprint density at radius 3 is 2.71 bits per heavy atom. The van der Waals surface area contributed by atoms with Crippen molar-refractivity contribution in [2.24, 2.45) is 0 Å². The van der Waals surface area contributed by atoms with Crippen molar-refractivity contribution in [3.63, 3.8) is 0 Å². The third-order valence-corrected chi connectivity index (χ3v) is 1.15. The number of carbonyl (C=O) groups excluding carboxylic acids is 1. The van der Waals surface area contributed by atoms with E-state index in [1.54, 1.807) is 0 Å². The first-order chi connectivity index (χ1) is 3.33. The van der Waals surface area contributed by atoms with Gasteiger partial charge in [0, 0.05) is 0 Å². The number of hydrogen-bond acceptors (Lipinski definition) is 2. The molecule has 0 bridgehead atoms. The predicted molar refractivity (Wildman–Crippen MR) is 24.8 cm³/mol. The van der Waals surface area contributed by atoms with E-state index in [-0.39, 0.29) is 12.1 Å². The zero-order valence-electron chi connectivity index (χ0n) is 4.31. The van der Waals surface area contributed by atoms with Crippen LogP contribution in [0, 0.1) is 0 Å². The van der Waals surface area contributed by atoms with Crippen molar-refractivity contribution in [2.45, 2.75) is 25.9 Å². The molecule has 1 saturated heterocycles. The van der Waals surface area contributed by atoms with Gasteiger partial charge in [0.25, 0.3) is 0 Å². The van der Waals surface area contributed by atoms with Gasteiger partial charge in [-0.05, 0) is 6.42 Å². The zero-order chi connectivity index (χ0) is 5.28. The Balaban J connectivity index is 2.17. The largest absolute Gasteiger partial charge is 0.462 e. The highest BCUT2D eigenvalue weighted by Gasteiger charge is 2.25. The molecule has 1 aliphatic heterocycles. The molecule has 0 saturated carbocycles. The van der Waals surface area contributed by atoms with Crippen LogP contribution in [0.1, 0.15) is 19.8 Å². The Bertz CT molecular complexity index is 80.1. The molecule has 0 spiro atoms. The standard InChI is InChI=1S/C5H8O2/c1-2-4-3-5(6)7-4/h4H,2-3H2,1H3. The van der Waals surface area contributed by atoms with Crippen molar-refractivity contribution in [2.75, 3.05) is 0 Å². The van der Waals surface area contributed by atoms with Crippen LogP contribution < -0.4 is 0 Å². The van der Waals surface area contributed by atoms with Crippen molar-refractivity contribution >= 4 is 5.97 Å². The summed E-state index contributed by atoms with van der Waals surface area (Å²) in [6.07, 6.45) is 1.84. The minimum Gasteiger partial charge on any atom is -0.462 e. The van der Waals surface area contributed by atoms with Gasteiger partial charge in [0.2, 0.25) is 0 Å². The fourth-order valence-electron chi connectivity index (χ4n) is 0.590. The van der Waals surface area contributed by atoms with Crippen LogP contribution in [0.4, 0.5) is 0 Å². The minimum absolute atomic E-state index is 0.0492. The molecule has 7 heavy (non-hydrogen) atoms. The summed E-state index contributed by atoms with van der Waals surface area (Å²) in [6, 6.07) is 0. The van der Waals surface area contributed by atoms with Crippen molar-refractivity contribution < 1.29 is 9.53 Å². The smallest absolute Gasteiger partial charge is 0.309 e. The second-order valence-corrected chi connectivity index (χ2v) is 1.72. The maximum absolute atomic E-state index is 10.0. The van der Waals surface area contributed by atoms with Gasteiger partial charge in [-0.1, -0.05) is 6.92 Å². The van der Waals surface area contributed by atoms with Crippen LogP contribution >= 0.6 is 0 Å². The number of hydrogen-bond donors (Lipinski definition) is 0. The maximum Gasteiger partial charge on any atom is 0.309 e. The second kappa shape index (κ2) is 1.52. The summed E-state index contributed by atoms with van der Waals surface area (Å²) in [5, 5.41) is 0. The average Bonchev–Trinajstić information content (AvgIpc) is 1.58. The molecule has 0 N–H and O–H groups in total. The molecule has 1 aliphatic rings. The molecule has 0 amide bonds. The molecular formula is C5H8O2. The summed E-state index contributed by atoms with van der Waals surface area (Å²) >= 11 is 0. The van der Waals surface area contributed by atoms with Crippen LogP contribution in [0.15, 0.2) is 0 Å². The molecule has 40 valence electrons. The van der Waals surface area contributed by atoms with E-state index >= 15 is 0 Å². The second-order valence-electron chi connectivity index (χ2n) is 1.72. The molecule has 0 radical (unpaired) electrons. The predicted octanol–water partition coefficient (Wildman–Crippen LogP) is 0.712. The molecule has 1 unspecified atom stereocenters. The van der Waals surface area contributed by atoms with Gasteiger partial charge < -0.3 is 4.74 Å². The SMILES string of the molecule is CCC1CC(=O)O1.